The lowest BCUT2D eigenvalue weighted by Crippen LogP contribution is -2.35. The lowest BCUT2D eigenvalue weighted by atomic mass is 9.70. The Morgan fingerprint density at radius 3 is 2.76 bits per heavy atom. The molecule has 1 aromatic rings. The number of hydrogen-bond acceptors (Lipinski definition) is 2. The van der Waals surface area contributed by atoms with Gasteiger partial charge in [0.2, 0.25) is 0 Å². The summed E-state index contributed by atoms with van der Waals surface area (Å²) in [6.07, 6.45) is 7.55. The number of pyridine rings is 1. The normalized spacial score (nSPS) is 27.8. The Morgan fingerprint density at radius 1 is 1.35 bits per heavy atom. The topological polar surface area (TPSA) is 24.9 Å². The molecule has 3 heteroatoms. The molecule has 94 valence electrons. The van der Waals surface area contributed by atoms with Gasteiger partial charge in [-0.05, 0) is 52.6 Å². The molecule has 1 aliphatic carbocycles. The molecule has 2 atom stereocenters. The smallest absolute Gasteiger partial charge is 0.0540 e. The van der Waals surface area contributed by atoms with E-state index in [-0.39, 0.29) is 0 Å². The molecule has 1 aliphatic rings. The third-order valence-corrected chi connectivity index (χ3v) is 3.90. The van der Waals surface area contributed by atoms with Crippen molar-refractivity contribution < 1.29 is 0 Å². The van der Waals surface area contributed by atoms with Gasteiger partial charge in [-0.25, -0.2) is 0 Å². The molecule has 0 aromatic carbocycles. The van der Waals surface area contributed by atoms with Crippen LogP contribution in [0.2, 0.25) is 0 Å². The number of hydrogen-bond donors (Lipinski definition) is 1. The van der Waals surface area contributed by atoms with Crippen LogP contribution in [0.5, 0.6) is 0 Å². The van der Waals surface area contributed by atoms with E-state index in [9.17, 15) is 0 Å². The number of aromatic nitrogens is 1. The van der Waals surface area contributed by atoms with Crippen LogP contribution in [0.3, 0.4) is 0 Å². The average molecular weight is 297 g/mol. The van der Waals surface area contributed by atoms with Gasteiger partial charge in [0.15, 0.2) is 0 Å². The Morgan fingerprint density at radius 2 is 2.12 bits per heavy atom. The molecule has 0 bridgehead atoms. The maximum absolute atomic E-state index is 4.20. The van der Waals surface area contributed by atoms with Crippen LogP contribution in [0, 0.1) is 11.3 Å². The molecular weight excluding hydrogens is 276 g/mol. The minimum atomic E-state index is 0.453. The lowest BCUT2D eigenvalue weighted by Gasteiger charge is -2.39. The largest absolute Gasteiger partial charge is 0.381 e. The van der Waals surface area contributed by atoms with Gasteiger partial charge in [-0.2, -0.15) is 0 Å². The van der Waals surface area contributed by atoms with Crippen LogP contribution in [0.15, 0.2) is 22.9 Å². The summed E-state index contributed by atoms with van der Waals surface area (Å²) in [5.41, 5.74) is 1.57. The summed E-state index contributed by atoms with van der Waals surface area (Å²) in [5, 5.41) is 3.62. The summed E-state index contributed by atoms with van der Waals surface area (Å²) in [4.78, 5) is 4.20. The first-order chi connectivity index (χ1) is 7.94. The monoisotopic (exact) mass is 296 g/mol. The predicted molar refractivity (Wildman–Crippen MR) is 76.1 cm³/mol. The van der Waals surface area contributed by atoms with Gasteiger partial charge >= 0.3 is 0 Å². The highest BCUT2D eigenvalue weighted by Gasteiger charge is 2.31. The van der Waals surface area contributed by atoms with Crippen molar-refractivity contribution >= 4 is 21.6 Å². The van der Waals surface area contributed by atoms with Crippen molar-refractivity contribution in [2.75, 3.05) is 5.32 Å². The Kier molecular flexibility index (Phi) is 3.76. The molecular formula is C14H21BrN2. The Balaban J connectivity index is 2.03. The highest BCUT2D eigenvalue weighted by Crippen LogP contribution is 2.39. The van der Waals surface area contributed by atoms with E-state index in [1.165, 1.54) is 19.3 Å². The Hall–Kier alpha value is -0.570. The zero-order chi connectivity index (χ0) is 12.5. The van der Waals surface area contributed by atoms with Crippen molar-refractivity contribution in [2.24, 2.45) is 11.3 Å². The fourth-order valence-electron chi connectivity index (χ4n) is 3.18. The molecule has 0 radical (unpaired) electrons. The zero-order valence-electron chi connectivity index (χ0n) is 10.8. The zero-order valence-corrected chi connectivity index (χ0v) is 12.4. The SMILES string of the molecule is CC1CC(Nc2cncc(Br)c2)CC(C)(C)C1. The predicted octanol–water partition coefficient (Wildman–Crippen LogP) is 4.47. The van der Waals surface area contributed by atoms with E-state index < -0.39 is 0 Å². The maximum atomic E-state index is 4.20. The van der Waals surface area contributed by atoms with Crippen LogP contribution in [0.4, 0.5) is 5.69 Å². The van der Waals surface area contributed by atoms with E-state index in [1.807, 2.05) is 12.4 Å². The van der Waals surface area contributed by atoms with Gasteiger partial charge in [-0.15, -0.1) is 0 Å². The van der Waals surface area contributed by atoms with E-state index in [2.05, 4.69) is 53.1 Å². The van der Waals surface area contributed by atoms with E-state index in [1.54, 1.807) is 0 Å². The van der Waals surface area contributed by atoms with Gasteiger partial charge in [0.1, 0.15) is 0 Å². The van der Waals surface area contributed by atoms with Gasteiger partial charge in [-0.1, -0.05) is 20.8 Å². The molecule has 17 heavy (non-hydrogen) atoms. The van der Waals surface area contributed by atoms with Crippen molar-refractivity contribution in [3.05, 3.63) is 22.9 Å². The number of nitrogens with one attached hydrogen (secondary N) is 1. The van der Waals surface area contributed by atoms with Crippen molar-refractivity contribution in [3.63, 3.8) is 0 Å². The number of nitrogens with zero attached hydrogens (tertiary/aromatic N) is 1. The molecule has 0 spiro atoms. The van der Waals surface area contributed by atoms with Gasteiger partial charge in [0.05, 0.1) is 11.9 Å². The second kappa shape index (κ2) is 4.97. The van der Waals surface area contributed by atoms with Crippen molar-refractivity contribution in [3.8, 4) is 0 Å². The molecule has 2 nitrogen and oxygen atoms in total. The first-order valence-corrected chi connectivity index (χ1v) is 7.11. The Bertz CT molecular complexity index is 390. The van der Waals surface area contributed by atoms with Crippen molar-refractivity contribution in [2.45, 2.75) is 46.1 Å². The highest BCUT2D eigenvalue weighted by atomic mass is 79.9. The van der Waals surface area contributed by atoms with Crippen molar-refractivity contribution in [1.82, 2.24) is 4.98 Å². The van der Waals surface area contributed by atoms with E-state index in [4.69, 9.17) is 0 Å². The quantitative estimate of drug-likeness (QED) is 0.871. The summed E-state index contributed by atoms with van der Waals surface area (Å²) < 4.78 is 1.03. The number of anilines is 1. The maximum Gasteiger partial charge on any atom is 0.0540 e. The molecule has 0 saturated heterocycles. The third-order valence-electron chi connectivity index (χ3n) is 3.46. The van der Waals surface area contributed by atoms with E-state index in [0.29, 0.717) is 11.5 Å². The van der Waals surface area contributed by atoms with E-state index in [0.717, 1.165) is 16.1 Å². The minimum absolute atomic E-state index is 0.453. The highest BCUT2D eigenvalue weighted by molar-refractivity contribution is 9.10. The van der Waals surface area contributed by atoms with Gasteiger partial charge in [0, 0.05) is 16.7 Å². The molecule has 1 aromatic heterocycles. The molecule has 1 N–H and O–H groups in total. The summed E-state index contributed by atoms with van der Waals surface area (Å²) in [6.45, 7) is 7.10. The fourth-order valence-corrected chi connectivity index (χ4v) is 3.55. The van der Waals surface area contributed by atoms with Crippen LogP contribution >= 0.6 is 15.9 Å². The van der Waals surface area contributed by atoms with Crippen LogP contribution < -0.4 is 5.32 Å². The van der Waals surface area contributed by atoms with Crippen LogP contribution in [-0.2, 0) is 0 Å². The second-order valence-electron chi connectivity index (χ2n) is 6.15. The molecule has 0 amide bonds. The second-order valence-corrected chi connectivity index (χ2v) is 7.06. The summed E-state index contributed by atoms with van der Waals surface area (Å²) in [6, 6.07) is 2.67. The lowest BCUT2D eigenvalue weighted by molar-refractivity contribution is 0.178. The van der Waals surface area contributed by atoms with Gasteiger partial charge < -0.3 is 5.32 Å². The minimum Gasteiger partial charge on any atom is -0.381 e. The first kappa shape index (κ1) is 12.9. The molecule has 1 heterocycles. The van der Waals surface area contributed by atoms with Crippen molar-refractivity contribution in [1.29, 1.82) is 0 Å². The first-order valence-electron chi connectivity index (χ1n) is 6.32. The van der Waals surface area contributed by atoms with Crippen LogP contribution in [0.1, 0.15) is 40.0 Å². The third kappa shape index (κ3) is 3.70. The molecule has 1 fully saturated rings. The van der Waals surface area contributed by atoms with Gasteiger partial charge in [0.25, 0.3) is 0 Å². The average Bonchev–Trinajstić information content (AvgIpc) is 2.13. The summed E-state index contributed by atoms with van der Waals surface area (Å²) in [7, 11) is 0. The number of rotatable bonds is 2. The Labute approximate surface area is 112 Å². The number of halogens is 1. The molecule has 2 rings (SSSR count). The molecule has 0 aliphatic heterocycles. The van der Waals surface area contributed by atoms with Crippen LogP contribution in [0.25, 0.3) is 0 Å². The summed E-state index contributed by atoms with van der Waals surface area (Å²) >= 11 is 3.46. The molecule has 1 saturated carbocycles. The van der Waals surface area contributed by atoms with Gasteiger partial charge in [-0.3, -0.25) is 4.98 Å². The fraction of sp³-hybridized carbons (Fsp3) is 0.643. The van der Waals surface area contributed by atoms with E-state index >= 15 is 0 Å². The molecule has 2 unspecified atom stereocenters. The summed E-state index contributed by atoms with van der Waals surface area (Å²) in [5.74, 6) is 0.802. The van der Waals surface area contributed by atoms with Crippen LogP contribution in [-0.4, -0.2) is 11.0 Å². The standard InChI is InChI=1S/C14H21BrN2/c1-10-4-12(7-14(2,3)6-10)17-13-5-11(15)8-16-9-13/h5,8-10,12,17H,4,6-7H2,1-3H3.